The lowest BCUT2D eigenvalue weighted by molar-refractivity contribution is 0.169. The molecule has 5 nitrogen and oxygen atoms in total. The first-order valence-corrected chi connectivity index (χ1v) is 8.14. The van der Waals surface area contributed by atoms with E-state index in [9.17, 15) is 0 Å². The van der Waals surface area contributed by atoms with Crippen LogP contribution in [-0.4, -0.2) is 42.9 Å². The number of piperazine rings is 1. The average Bonchev–Trinajstić information content (AvgIpc) is 3.09. The molecule has 0 saturated carbocycles. The van der Waals surface area contributed by atoms with Gasteiger partial charge in [0.25, 0.3) is 0 Å². The third kappa shape index (κ3) is 3.16. The minimum Gasteiger partial charge on any atom is -0.454 e. The monoisotopic (exact) mass is 311 g/mol. The number of rotatable bonds is 4. The van der Waals surface area contributed by atoms with Crippen molar-refractivity contribution in [2.75, 3.05) is 33.0 Å². The summed E-state index contributed by atoms with van der Waals surface area (Å²) in [5, 5.41) is 3.42. The first-order chi connectivity index (χ1) is 11.4. The van der Waals surface area contributed by atoms with Crippen LogP contribution in [0.25, 0.3) is 0 Å². The summed E-state index contributed by atoms with van der Waals surface area (Å²) in [6.07, 6.45) is 2.77. The Bertz CT molecular complexity index is 657. The van der Waals surface area contributed by atoms with Gasteiger partial charge < -0.3 is 14.8 Å². The fraction of sp³-hybridized carbons (Fsp3) is 0.389. The fourth-order valence-corrected chi connectivity index (χ4v) is 3.29. The Balaban J connectivity index is 1.63. The van der Waals surface area contributed by atoms with Gasteiger partial charge in [0.05, 0.1) is 0 Å². The number of nitrogens with one attached hydrogen (secondary N) is 1. The van der Waals surface area contributed by atoms with Gasteiger partial charge in [0, 0.05) is 50.5 Å². The summed E-state index contributed by atoms with van der Waals surface area (Å²) in [4.78, 5) is 7.04. The second-order valence-electron chi connectivity index (χ2n) is 5.94. The molecule has 3 heterocycles. The van der Waals surface area contributed by atoms with Gasteiger partial charge in [0.1, 0.15) is 0 Å². The second kappa shape index (κ2) is 6.56. The number of fused-ring (bicyclic) bond motifs is 1. The first-order valence-electron chi connectivity index (χ1n) is 8.14. The summed E-state index contributed by atoms with van der Waals surface area (Å²) < 4.78 is 11.0. The van der Waals surface area contributed by atoms with Crippen molar-refractivity contribution in [1.82, 2.24) is 15.2 Å². The number of hydrogen-bond donors (Lipinski definition) is 1. The second-order valence-corrected chi connectivity index (χ2v) is 5.94. The Kier molecular flexibility index (Phi) is 4.13. The maximum absolute atomic E-state index is 5.56. The number of hydrogen-bond acceptors (Lipinski definition) is 5. The minimum atomic E-state index is 0.307. The van der Waals surface area contributed by atoms with Gasteiger partial charge in [-0.15, -0.1) is 0 Å². The summed E-state index contributed by atoms with van der Waals surface area (Å²) >= 11 is 0. The van der Waals surface area contributed by atoms with Gasteiger partial charge in [0.2, 0.25) is 6.79 Å². The summed E-state index contributed by atoms with van der Waals surface area (Å²) in [5.41, 5.74) is 2.38. The topological polar surface area (TPSA) is 46.6 Å². The van der Waals surface area contributed by atoms with Crippen LogP contribution in [-0.2, 0) is 6.42 Å². The highest BCUT2D eigenvalue weighted by Crippen LogP contribution is 2.36. The van der Waals surface area contributed by atoms with Gasteiger partial charge in [-0.25, -0.2) is 0 Å². The van der Waals surface area contributed by atoms with E-state index in [1.54, 1.807) is 0 Å². The lowest BCUT2D eigenvalue weighted by Gasteiger charge is -2.35. The van der Waals surface area contributed by atoms with E-state index in [1.165, 1.54) is 5.56 Å². The first kappa shape index (κ1) is 14.5. The number of aromatic nitrogens is 1. The third-order valence-electron chi connectivity index (χ3n) is 4.50. The Hall–Kier alpha value is -2.11. The third-order valence-corrected chi connectivity index (χ3v) is 4.50. The zero-order valence-corrected chi connectivity index (χ0v) is 13.1. The van der Waals surface area contributed by atoms with E-state index in [1.807, 2.05) is 18.3 Å². The summed E-state index contributed by atoms with van der Waals surface area (Å²) in [6.45, 7) is 4.47. The largest absolute Gasteiger partial charge is 0.454 e. The molecule has 1 N–H and O–H groups in total. The highest BCUT2D eigenvalue weighted by Gasteiger charge is 2.25. The van der Waals surface area contributed by atoms with E-state index >= 15 is 0 Å². The van der Waals surface area contributed by atoms with Crippen LogP contribution in [0.15, 0.2) is 42.6 Å². The highest BCUT2D eigenvalue weighted by atomic mass is 16.7. The van der Waals surface area contributed by atoms with Crippen molar-refractivity contribution in [3.8, 4) is 11.5 Å². The Morgan fingerprint density at radius 2 is 1.96 bits per heavy atom. The van der Waals surface area contributed by atoms with Gasteiger partial charge in [-0.3, -0.25) is 9.88 Å². The number of benzene rings is 1. The number of ether oxygens (including phenoxy) is 2. The predicted molar refractivity (Wildman–Crippen MR) is 87.7 cm³/mol. The zero-order valence-electron chi connectivity index (χ0n) is 13.1. The maximum atomic E-state index is 5.56. The van der Waals surface area contributed by atoms with Gasteiger partial charge in [-0.05, 0) is 29.8 Å². The molecule has 0 aliphatic carbocycles. The molecule has 1 aromatic heterocycles. The fourth-order valence-electron chi connectivity index (χ4n) is 3.29. The molecule has 120 valence electrons. The van der Waals surface area contributed by atoms with Crippen molar-refractivity contribution in [3.63, 3.8) is 0 Å². The summed E-state index contributed by atoms with van der Waals surface area (Å²) in [6, 6.07) is 12.7. The Labute approximate surface area is 136 Å². The van der Waals surface area contributed by atoms with Crippen molar-refractivity contribution in [3.05, 3.63) is 53.9 Å². The molecule has 1 fully saturated rings. The molecule has 2 aliphatic heterocycles. The molecule has 0 radical (unpaired) electrons. The van der Waals surface area contributed by atoms with Crippen molar-refractivity contribution in [1.29, 1.82) is 0 Å². The van der Waals surface area contributed by atoms with E-state index in [0.717, 1.165) is 49.8 Å². The average molecular weight is 311 g/mol. The molecule has 1 atom stereocenters. The summed E-state index contributed by atoms with van der Waals surface area (Å²) in [5.74, 6) is 1.69. The molecule has 1 aromatic carbocycles. The Morgan fingerprint density at radius 3 is 2.78 bits per heavy atom. The number of pyridine rings is 1. The molecular weight excluding hydrogens is 290 g/mol. The molecule has 1 saturated heterocycles. The molecule has 0 amide bonds. The highest BCUT2D eigenvalue weighted by molar-refractivity contribution is 5.45. The summed E-state index contributed by atoms with van der Waals surface area (Å²) in [7, 11) is 0. The van der Waals surface area contributed by atoms with Crippen LogP contribution >= 0.6 is 0 Å². The van der Waals surface area contributed by atoms with Crippen LogP contribution in [0.2, 0.25) is 0 Å². The predicted octanol–water partition coefficient (Wildman–Crippen LogP) is 2.00. The van der Waals surface area contributed by atoms with Crippen LogP contribution in [0.3, 0.4) is 0 Å². The zero-order chi connectivity index (χ0) is 15.5. The van der Waals surface area contributed by atoms with Crippen molar-refractivity contribution < 1.29 is 9.47 Å². The van der Waals surface area contributed by atoms with Crippen LogP contribution in [0, 0.1) is 0 Å². The lowest BCUT2D eigenvalue weighted by Crippen LogP contribution is -2.45. The lowest BCUT2D eigenvalue weighted by atomic mass is 9.98. The Morgan fingerprint density at radius 1 is 1.09 bits per heavy atom. The molecule has 1 unspecified atom stereocenters. The maximum Gasteiger partial charge on any atom is 0.231 e. The van der Waals surface area contributed by atoms with Crippen LogP contribution in [0.5, 0.6) is 11.5 Å². The van der Waals surface area contributed by atoms with Crippen LogP contribution in [0.4, 0.5) is 0 Å². The van der Waals surface area contributed by atoms with E-state index in [0.29, 0.717) is 12.8 Å². The van der Waals surface area contributed by atoms with E-state index in [-0.39, 0.29) is 0 Å². The minimum absolute atomic E-state index is 0.307. The molecule has 4 rings (SSSR count). The van der Waals surface area contributed by atoms with Crippen molar-refractivity contribution >= 4 is 0 Å². The van der Waals surface area contributed by atoms with Crippen molar-refractivity contribution in [2.45, 2.75) is 12.5 Å². The molecule has 23 heavy (non-hydrogen) atoms. The normalized spacial score (nSPS) is 18.8. The molecule has 2 aliphatic rings. The van der Waals surface area contributed by atoms with Gasteiger partial charge in [0.15, 0.2) is 11.5 Å². The van der Waals surface area contributed by atoms with Crippen LogP contribution in [0.1, 0.15) is 17.3 Å². The SMILES string of the molecule is c1ccc(CC(c2ccc3c(c2)OCO3)N2CCNCC2)nc1. The van der Waals surface area contributed by atoms with E-state index in [4.69, 9.17) is 9.47 Å². The standard InChI is InChI=1S/C18H21N3O2/c1-2-6-20-15(3-1)12-16(21-9-7-19-8-10-21)14-4-5-17-18(11-14)23-13-22-17/h1-6,11,16,19H,7-10,12-13H2. The molecule has 2 aromatic rings. The van der Waals surface area contributed by atoms with Gasteiger partial charge in [-0.2, -0.15) is 0 Å². The quantitative estimate of drug-likeness (QED) is 0.936. The van der Waals surface area contributed by atoms with Gasteiger partial charge in [-0.1, -0.05) is 12.1 Å². The smallest absolute Gasteiger partial charge is 0.231 e. The van der Waals surface area contributed by atoms with E-state index < -0.39 is 0 Å². The number of nitrogens with zero attached hydrogens (tertiary/aromatic N) is 2. The molecule has 5 heteroatoms. The van der Waals surface area contributed by atoms with E-state index in [2.05, 4.69) is 39.5 Å². The molecule has 0 spiro atoms. The van der Waals surface area contributed by atoms with Crippen molar-refractivity contribution in [2.24, 2.45) is 0 Å². The molecule has 0 bridgehead atoms. The van der Waals surface area contributed by atoms with Crippen LogP contribution < -0.4 is 14.8 Å². The van der Waals surface area contributed by atoms with Gasteiger partial charge >= 0.3 is 0 Å². The molecular formula is C18H21N3O2.